The number of ether oxygens (including phenoxy) is 1. The largest absolute Gasteiger partial charge is 0.495 e. The predicted octanol–water partition coefficient (Wildman–Crippen LogP) is 3.60. The Labute approximate surface area is 153 Å². The zero-order chi connectivity index (χ0) is 17.2. The molecule has 132 valence electrons. The molecule has 0 saturated carbocycles. The molecule has 0 unspecified atom stereocenters. The van der Waals surface area contributed by atoms with Crippen LogP contribution in [-0.4, -0.2) is 44.1 Å². The van der Waals surface area contributed by atoms with Crippen molar-refractivity contribution in [3.63, 3.8) is 0 Å². The second-order valence-electron chi connectivity index (χ2n) is 6.72. The lowest BCUT2D eigenvalue weighted by Crippen LogP contribution is -2.48. The summed E-state index contributed by atoms with van der Waals surface area (Å²) in [5.74, 6) is 1.10. The molecule has 0 radical (unpaired) electrons. The Kier molecular flexibility index (Phi) is 4.66. The summed E-state index contributed by atoms with van der Waals surface area (Å²) < 4.78 is 5.47. The number of amides is 1. The van der Waals surface area contributed by atoms with E-state index in [0.29, 0.717) is 0 Å². The van der Waals surface area contributed by atoms with E-state index in [0.717, 1.165) is 55.3 Å². The van der Waals surface area contributed by atoms with Gasteiger partial charge in [0.2, 0.25) is 0 Å². The lowest BCUT2D eigenvalue weighted by atomic mass is 9.99. The lowest BCUT2D eigenvalue weighted by molar-refractivity contribution is 0.0751. The Balaban J connectivity index is 1.43. The van der Waals surface area contributed by atoms with Crippen LogP contribution in [0.5, 0.6) is 5.75 Å². The number of hydrogen-bond acceptors (Lipinski definition) is 4. The SMILES string of the molecule is COc1ccccc1N1CCN(C(=O)c2cc3c(s2)CCCC3)CC1. The summed E-state index contributed by atoms with van der Waals surface area (Å²) in [6.45, 7) is 3.22. The zero-order valence-electron chi connectivity index (χ0n) is 14.7. The number of nitrogens with zero attached hydrogens (tertiary/aromatic N) is 2. The van der Waals surface area contributed by atoms with Crippen molar-refractivity contribution >= 4 is 22.9 Å². The smallest absolute Gasteiger partial charge is 0.264 e. The van der Waals surface area contributed by atoms with E-state index in [1.165, 1.54) is 23.3 Å². The van der Waals surface area contributed by atoms with Crippen LogP contribution in [0.15, 0.2) is 30.3 Å². The molecule has 1 aromatic heterocycles. The fraction of sp³-hybridized carbons (Fsp3) is 0.450. The molecule has 1 aliphatic carbocycles. The molecule has 2 aromatic rings. The second kappa shape index (κ2) is 7.08. The first-order valence-electron chi connectivity index (χ1n) is 9.05. The van der Waals surface area contributed by atoms with E-state index in [4.69, 9.17) is 4.74 Å². The first-order valence-corrected chi connectivity index (χ1v) is 9.87. The maximum atomic E-state index is 12.9. The van der Waals surface area contributed by atoms with Crippen molar-refractivity contribution in [2.75, 3.05) is 38.2 Å². The maximum absolute atomic E-state index is 12.9. The molecule has 1 aromatic carbocycles. The summed E-state index contributed by atoms with van der Waals surface area (Å²) in [5, 5.41) is 0. The summed E-state index contributed by atoms with van der Waals surface area (Å²) in [7, 11) is 1.71. The van der Waals surface area contributed by atoms with Gasteiger partial charge in [-0.05, 0) is 49.4 Å². The van der Waals surface area contributed by atoms with Crippen molar-refractivity contribution in [3.8, 4) is 5.75 Å². The molecule has 1 aliphatic heterocycles. The Bertz CT molecular complexity index is 739. The van der Waals surface area contributed by atoms with Crippen molar-refractivity contribution in [1.29, 1.82) is 0 Å². The third-order valence-electron chi connectivity index (χ3n) is 5.20. The van der Waals surface area contributed by atoms with Crippen LogP contribution in [0.25, 0.3) is 0 Å². The van der Waals surface area contributed by atoms with Gasteiger partial charge in [0.1, 0.15) is 5.75 Å². The zero-order valence-corrected chi connectivity index (χ0v) is 15.5. The van der Waals surface area contributed by atoms with Crippen molar-refractivity contribution in [3.05, 3.63) is 45.6 Å². The molecule has 0 bridgehead atoms. The average molecular weight is 356 g/mol. The van der Waals surface area contributed by atoms with Gasteiger partial charge in [0.15, 0.2) is 0 Å². The van der Waals surface area contributed by atoms with Gasteiger partial charge < -0.3 is 14.5 Å². The van der Waals surface area contributed by atoms with Gasteiger partial charge in [-0.2, -0.15) is 0 Å². The van der Waals surface area contributed by atoms with Gasteiger partial charge in [-0.25, -0.2) is 0 Å². The number of methoxy groups -OCH3 is 1. The van der Waals surface area contributed by atoms with E-state index in [1.807, 2.05) is 23.1 Å². The van der Waals surface area contributed by atoms with Crippen LogP contribution in [0, 0.1) is 0 Å². The molecule has 4 rings (SSSR count). The monoisotopic (exact) mass is 356 g/mol. The van der Waals surface area contributed by atoms with E-state index in [9.17, 15) is 4.79 Å². The highest BCUT2D eigenvalue weighted by Crippen LogP contribution is 2.31. The number of carbonyl (C=O) groups excluding carboxylic acids is 1. The molecular weight excluding hydrogens is 332 g/mol. The third kappa shape index (κ3) is 3.25. The van der Waals surface area contributed by atoms with Crippen molar-refractivity contribution in [2.24, 2.45) is 0 Å². The first-order chi connectivity index (χ1) is 12.3. The van der Waals surface area contributed by atoms with Gasteiger partial charge in [0.05, 0.1) is 17.7 Å². The number of piperazine rings is 1. The number of carbonyl (C=O) groups is 1. The molecule has 0 spiro atoms. The van der Waals surface area contributed by atoms with E-state index in [2.05, 4.69) is 17.0 Å². The van der Waals surface area contributed by atoms with Crippen molar-refractivity contribution < 1.29 is 9.53 Å². The average Bonchev–Trinajstić information content (AvgIpc) is 3.12. The number of anilines is 1. The number of rotatable bonds is 3. The van der Waals surface area contributed by atoms with Crippen LogP contribution in [0.4, 0.5) is 5.69 Å². The predicted molar refractivity (Wildman–Crippen MR) is 102 cm³/mol. The van der Waals surface area contributed by atoms with E-state index in [-0.39, 0.29) is 5.91 Å². The minimum absolute atomic E-state index is 0.207. The van der Waals surface area contributed by atoms with E-state index >= 15 is 0 Å². The van der Waals surface area contributed by atoms with Crippen LogP contribution >= 0.6 is 11.3 Å². The summed E-state index contributed by atoms with van der Waals surface area (Å²) >= 11 is 1.72. The van der Waals surface area contributed by atoms with Crippen LogP contribution < -0.4 is 9.64 Å². The summed E-state index contributed by atoms with van der Waals surface area (Å²) in [5.41, 5.74) is 2.52. The Hall–Kier alpha value is -2.01. The van der Waals surface area contributed by atoms with Gasteiger partial charge in [-0.15, -0.1) is 11.3 Å². The fourth-order valence-electron chi connectivity index (χ4n) is 3.79. The molecule has 0 atom stereocenters. The second-order valence-corrected chi connectivity index (χ2v) is 7.85. The molecule has 1 fully saturated rings. The molecule has 5 heteroatoms. The minimum Gasteiger partial charge on any atom is -0.495 e. The van der Waals surface area contributed by atoms with Gasteiger partial charge in [0.25, 0.3) is 5.91 Å². The number of para-hydroxylation sites is 2. The number of hydrogen-bond donors (Lipinski definition) is 0. The highest BCUT2D eigenvalue weighted by molar-refractivity contribution is 7.14. The Morgan fingerprint density at radius 3 is 2.60 bits per heavy atom. The first kappa shape index (κ1) is 16.5. The number of thiophene rings is 1. The standard InChI is InChI=1S/C20H24N2O2S/c1-24-17-8-4-3-7-16(17)21-10-12-22(13-11-21)20(23)19-14-15-6-2-5-9-18(15)25-19/h3-4,7-8,14H,2,5-6,9-13H2,1H3. The quantitative estimate of drug-likeness (QED) is 0.842. The molecule has 2 aliphatic rings. The van der Waals surface area contributed by atoms with E-state index < -0.39 is 0 Å². The molecule has 2 heterocycles. The highest BCUT2D eigenvalue weighted by Gasteiger charge is 2.26. The van der Waals surface area contributed by atoms with Gasteiger partial charge in [-0.3, -0.25) is 4.79 Å². The summed E-state index contributed by atoms with van der Waals surface area (Å²) in [4.78, 5) is 19.5. The normalized spacial score (nSPS) is 17.3. The maximum Gasteiger partial charge on any atom is 0.264 e. The molecule has 1 saturated heterocycles. The molecule has 4 nitrogen and oxygen atoms in total. The van der Waals surface area contributed by atoms with Gasteiger partial charge in [-0.1, -0.05) is 12.1 Å². The minimum atomic E-state index is 0.207. The topological polar surface area (TPSA) is 32.8 Å². The third-order valence-corrected chi connectivity index (χ3v) is 6.43. The molecule has 0 N–H and O–H groups in total. The number of benzene rings is 1. The summed E-state index contributed by atoms with van der Waals surface area (Å²) in [6, 6.07) is 10.2. The van der Waals surface area contributed by atoms with Gasteiger partial charge in [0, 0.05) is 31.1 Å². The number of aryl methyl sites for hydroxylation is 2. The highest BCUT2D eigenvalue weighted by atomic mass is 32.1. The van der Waals surface area contributed by atoms with Crippen molar-refractivity contribution in [1.82, 2.24) is 4.90 Å². The van der Waals surface area contributed by atoms with Crippen molar-refractivity contribution in [2.45, 2.75) is 25.7 Å². The summed E-state index contributed by atoms with van der Waals surface area (Å²) in [6.07, 6.45) is 4.81. The van der Waals surface area contributed by atoms with Crippen LogP contribution in [0.3, 0.4) is 0 Å². The Morgan fingerprint density at radius 2 is 1.84 bits per heavy atom. The van der Waals surface area contributed by atoms with Crippen LogP contribution in [-0.2, 0) is 12.8 Å². The van der Waals surface area contributed by atoms with Gasteiger partial charge >= 0.3 is 0 Å². The Morgan fingerprint density at radius 1 is 1.08 bits per heavy atom. The van der Waals surface area contributed by atoms with E-state index in [1.54, 1.807) is 18.4 Å². The lowest BCUT2D eigenvalue weighted by Gasteiger charge is -2.36. The number of fused-ring (bicyclic) bond motifs is 1. The fourth-order valence-corrected chi connectivity index (χ4v) is 5.01. The molecule has 1 amide bonds. The van der Waals surface area contributed by atoms with Crippen LogP contribution in [0.2, 0.25) is 0 Å². The molecule has 25 heavy (non-hydrogen) atoms. The van der Waals surface area contributed by atoms with Crippen LogP contribution in [0.1, 0.15) is 33.0 Å². The molecular formula is C20H24N2O2S.